The molecule has 1 saturated carbocycles. The molecule has 1 aliphatic heterocycles. The van der Waals surface area contributed by atoms with Gasteiger partial charge in [-0.3, -0.25) is 0 Å². The van der Waals surface area contributed by atoms with Gasteiger partial charge in [-0.15, -0.1) is 0 Å². The molecule has 1 atom stereocenters. The number of rotatable bonds is 2. The van der Waals surface area contributed by atoms with Gasteiger partial charge in [0.1, 0.15) is 0 Å². The highest BCUT2D eigenvalue weighted by molar-refractivity contribution is 4.94. The summed E-state index contributed by atoms with van der Waals surface area (Å²) in [6, 6.07) is 0.498. The van der Waals surface area contributed by atoms with Crippen LogP contribution in [0, 0.1) is 0 Å². The Hall–Kier alpha value is -0.220. The number of hydrogen-bond donors (Lipinski definition) is 1. The van der Waals surface area contributed by atoms with E-state index in [0.29, 0.717) is 6.04 Å². The summed E-state index contributed by atoms with van der Waals surface area (Å²) in [7, 11) is 2.07. The maximum absolute atomic E-state index is 12.5. The van der Waals surface area contributed by atoms with E-state index in [4.69, 9.17) is 0 Å². The minimum Gasteiger partial charge on any atom is -0.309 e. The first-order valence-corrected chi connectivity index (χ1v) is 4.88. The molecule has 2 nitrogen and oxygen atoms in total. The van der Waals surface area contributed by atoms with Crippen molar-refractivity contribution >= 4 is 0 Å². The summed E-state index contributed by atoms with van der Waals surface area (Å²) in [5, 5.41) is 3.28. The highest BCUT2D eigenvalue weighted by Crippen LogP contribution is 2.37. The number of likely N-dealkylation sites (tertiary alicyclic amines) is 1. The lowest BCUT2D eigenvalue weighted by Gasteiger charge is -2.37. The molecule has 1 aliphatic carbocycles. The van der Waals surface area contributed by atoms with Crippen LogP contribution in [0.3, 0.4) is 0 Å². The highest BCUT2D eigenvalue weighted by Gasteiger charge is 2.45. The number of likely N-dealkylation sites (N-methyl/N-ethyl adjacent to an activating group) is 1. The highest BCUT2D eigenvalue weighted by atomic mass is 19.3. The molecule has 2 fully saturated rings. The molecule has 1 heterocycles. The molecule has 0 spiro atoms. The molecule has 0 bridgehead atoms. The average Bonchev–Trinajstić information content (AvgIpc) is 2.31. The third-order valence-corrected chi connectivity index (χ3v) is 2.95. The fourth-order valence-corrected chi connectivity index (χ4v) is 2.18. The largest absolute Gasteiger partial charge is 0.309 e. The summed E-state index contributed by atoms with van der Waals surface area (Å²) in [6.07, 6.45) is 1.17. The first-order valence-electron chi connectivity index (χ1n) is 4.88. The number of hydrogen-bond acceptors (Lipinski definition) is 2. The Labute approximate surface area is 77.3 Å². The molecule has 0 aromatic carbocycles. The van der Waals surface area contributed by atoms with Crippen LogP contribution in [0.25, 0.3) is 0 Å². The van der Waals surface area contributed by atoms with Gasteiger partial charge in [0.15, 0.2) is 0 Å². The van der Waals surface area contributed by atoms with E-state index in [2.05, 4.69) is 17.3 Å². The van der Waals surface area contributed by atoms with Crippen molar-refractivity contribution in [3.05, 3.63) is 0 Å². The Morgan fingerprint density at radius 1 is 1.31 bits per heavy atom. The van der Waals surface area contributed by atoms with Crippen molar-refractivity contribution in [1.29, 1.82) is 0 Å². The second-order valence-corrected chi connectivity index (χ2v) is 4.38. The van der Waals surface area contributed by atoms with Crippen LogP contribution < -0.4 is 5.32 Å². The Balaban J connectivity index is 1.69. The average molecular weight is 190 g/mol. The molecular weight excluding hydrogens is 174 g/mol. The van der Waals surface area contributed by atoms with Gasteiger partial charge in [0, 0.05) is 31.5 Å². The van der Waals surface area contributed by atoms with Crippen LogP contribution >= 0.6 is 0 Å². The van der Waals surface area contributed by atoms with Crippen LogP contribution in [-0.2, 0) is 0 Å². The number of nitrogens with zero attached hydrogens (tertiary/aromatic N) is 1. The number of nitrogens with one attached hydrogen (secondary N) is 1. The maximum Gasteiger partial charge on any atom is 0.251 e. The second-order valence-electron chi connectivity index (χ2n) is 4.38. The van der Waals surface area contributed by atoms with Crippen molar-refractivity contribution in [1.82, 2.24) is 10.2 Å². The standard InChI is InChI=1S/C9H16F2N2/c1-13-3-2-7(6-13)12-8-4-9(10,11)5-8/h7-8,12H,2-6H2,1H3/t7-/m0/s1. The smallest absolute Gasteiger partial charge is 0.251 e. The monoisotopic (exact) mass is 190 g/mol. The van der Waals surface area contributed by atoms with E-state index >= 15 is 0 Å². The van der Waals surface area contributed by atoms with Crippen molar-refractivity contribution in [3.63, 3.8) is 0 Å². The Bertz CT molecular complexity index is 188. The molecular formula is C9H16F2N2. The van der Waals surface area contributed by atoms with E-state index in [1.807, 2.05) is 0 Å². The molecule has 0 amide bonds. The predicted octanol–water partition coefficient (Wildman–Crippen LogP) is 1.08. The van der Waals surface area contributed by atoms with Gasteiger partial charge in [0.2, 0.25) is 0 Å². The van der Waals surface area contributed by atoms with Gasteiger partial charge in [-0.2, -0.15) is 0 Å². The van der Waals surface area contributed by atoms with Crippen LogP contribution in [0.4, 0.5) is 8.78 Å². The second kappa shape index (κ2) is 3.17. The lowest BCUT2D eigenvalue weighted by molar-refractivity contribution is -0.0944. The molecule has 0 radical (unpaired) electrons. The quantitative estimate of drug-likeness (QED) is 0.701. The van der Waals surface area contributed by atoms with Crippen molar-refractivity contribution < 1.29 is 8.78 Å². The lowest BCUT2D eigenvalue weighted by Crippen LogP contribution is -2.52. The SMILES string of the molecule is CN1CC[C@H](NC2CC(F)(F)C2)C1. The van der Waals surface area contributed by atoms with E-state index in [-0.39, 0.29) is 18.9 Å². The lowest BCUT2D eigenvalue weighted by atomic mass is 9.87. The summed E-state index contributed by atoms with van der Waals surface area (Å²) in [4.78, 5) is 2.23. The summed E-state index contributed by atoms with van der Waals surface area (Å²) in [5.74, 6) is -2.39. The zero-order valence-electron chi connectivity index (χ0n) is 7.89. The summed E-state index contributed by atoms with van der Waals surface area (Å²) in [5.41, 5.74) is 0. The molecule has 2 aliphatic rings. The van der Waals surface area contributed by atoms with Gasteiger partial charge >= 0.3 is 0 Å². The molecule has 4 heteroatoms. The van der Waals surface area contributed by atoms with Crippen LogP contribution in [0.2, 0.25) is 0 Å². The minimum absolute atomic E-state index is 0.0349. The molecule has 0 aromatic rings. The van der Waals surface area contributed by atoms with E-state index < -0.39 is 5.92 Å². The molecule has 0 aromatic heterocycles. The molecule has 2 rings (SSSR count). The number of alkyl halides is 2. The third kappa shape index (κ3) is 2.17. The minimum atomic E-state index is -2.39. The van der Waals surface area contributed by atoms with Gasteiger partial charge < -0.3 is 10.2 Å². The van der Waals surface area contributed by atoms with E-state index in [1.54, 1.807) is 0 Å². The normalized spacial score (nSPS) is 34.8. The van der Waals surface area contributed by atoms with Crippen LogP contribution in [-0.4, -0.2) is 43.0 Å². The zero-order chi connectivity index (χ0) is 9.47. The van der Waals surface area contributed by atoms with Gasteiger partial charge in [-0.1, -0.05) is 0 Å². The molecule has 76 valence electrons. The van der Waals surface area contributed by atoms with Crippen molar-refractivity contribution in [3.8, 4) is 0 Å². The van der Waals surface area contributed by atoms with Gasteiger partial charge in [0.25, 0.3) is 5.92 Å². The molecule has 1 N–H and O–H groups in total. The molecule has 1 saturated heterocycles. The van der Waals surface area contributed by atoms with Gasteiger partial charge in [-0.05, 0) is 20.0 Å². The maximum atomic E-state index is 12.5. The predicted molar refractivity (Wildman–Crippen MR) is 47.0 cm³/mol. The third-order valence-electron chi connectivity index (χ3n) is 2.95. The Morgan fingerprint density at radius 2 is 2.00 bits per heavy atom. The van der Waals surface area contributed by atoms with Gasteiger partial charge in [-0.25, -0.2) is 8.78 Å². The van der Waals surface area contributed by atoms with Crippen LogP contribution in [0.1, 0.15) is 19.3 Å². The van der Waals surface area contributed by atoms with E-state index in [0.717, 1.165) is 19.5 Å². The fraction of sp³-hybridized carbons (Fsp3) is 1.00. The van der Waals surface area contributed by atoms with Crippen molar-refractivity contribution in [2.75, 3.05) is 20.1 Å². The van der Waals surface area contributed by atoms with E-state index in [1.165, 1.54) is 0 Å². The first-order chi connectivity index (χ1) is 6.05. The Morgan fingerprint density at radius 3 is 2.46 bits per heavy atom. The fourth-order valence-electron chi connectivity index (χ4n) is 2.18. The van der Waals surface area contributed by atoms with Gasteiger partial charge in [0.05, 0.1) is 0 Å². The summed E-state index contributed by atoms with van der Waals surface area (Å²) < 4.78 is 25.0. The molecule has 0 unspecified atom stereocenters. The topological polar surface area (TPSA) is 15.3 Å². The summed E-state index contributed by atoms with van der Waals surface area (Å²) >= 11 is 0. The van der Waals surface area contributed by atoms with E-state index in [9.17, 15) is 8.78 Å². The summed E-state index contributed by atoms with van der Waals surface area (Å²) in [6.45, 7) is 2.09. The number of halogens is 2. The van der Waals surface area contributed by atoms with Crippen molar-refractivity contribution in [2.45, 2.75) is 37.3 Å². The Kier molecular flexibility index (Phi) is 2.28. The van der Waals surface area contributed by atoms with Crippen molar-refractivity contribution in [2.24, 2.45) is 0 Å². The zero-order valence-corrected chi connectivity index (χ0v) is 7.89. The first kappa shape index (κ1) is 9.34. The molecule has 13 heavy (non-hydrogen) atoms. The van der Waals surface area contributed by atoms with Crippen LogP contribution in [0.15, 0.2) is 0 Å². The van der Waals surface area contributed by atoms with Crippen LogP contribution in [0.5, 0.6) is 0 Å².